The van der Waals surface area contributed by atoms with Gasteiger partial charge in [-0.2, -0.15) is 31.3 Å². The highest BCUT2D eigenvalue weighted by Crippen LogP contribution is 2.38. The van der Waals surface area contributed by atoms with Crippen molar-refractivity contribution in [2.45, 2.75) is 12.4 Å². The van der Waals surface area contributed by atoms with Crippen LogP contribution in [-0.4, -0.2) is 19.9 Å². The molecule has 0 saturated carbocycles. The fourth-order valence-electron chi connectivity index (χ4n) is 2.66. The first-order valence-corrected chi connectivity index (χ1v) is 8.59. The fourth-order valence-corrected chi connectivity index (χ4v) is 2.66. The van der Waals surface area contributed by atoms with E-state index in [0.717, 1.165) is 12.1 Å². The van der Waals surface area contributed by atoms with Gasteiger partial charge in [-0.1, -0.05) is 0 Å². The van der Waals surface area contributed by atoms with Crippen LogP contribution in [0.1, 0.15) is 11.1 Å². The van der Waals surface area contributed by atoms with Crippen molar-refractivity contribution in [3.63, 3.8) is 0 Å². The number of halogens is 6. The Bertz CT molecular complexity index is 1220. The summed E-state index contributed by atoms with van der Waals surface area (Å²) in [5.41, 5.74) is -0.405. The molecule has 0 bridgehead atoms. The van der Waals surface area contributed by atoms with E-state index in [1.54, 1.807) is 18.2 Å². The van der Waals surface area contributed by atoms with Gasteiger partial charge >= 0.3 is 12.4 Å². The van der Waals surface area contributed by atoms with Gasteiger partial charge in [0.1, 0.15) is 11.3 Å². The van der Waals surface area contributed by atoms with Gasteiger partial charge in [0.05, 0.1) is 22.9 Å². The summed E-state index contributed by atoms with van der Waals surface area (Å²) in [5, 5.41) is 2.75. The van der Waals surface area contributed by atoms with Crippen molar-refractivity contribution in [2.75, 3.05) is 5.32 Å². The minimum atomic E-state index is -4.84. The van der Waals surface area contributed by atoms with Crippen LogP contribution in [0.2, 0.25) is 0 Å². The molecule has 2 heterocycles. The molecule has 0 saturated heterocycles. The van der Waals surface area contributed by atoms with Crippen LogP contribution in [0.25, 0.3) is 11.0 Å². The van der Waals surface area contributed by atoms with Crippen molar-refractivity contribution >= 4 is 22.7 Å². The summed E-state index contributed by atoms with van der Waals surface area (Å²) < 4.78 is 83.2. The predicted molar refractivity (Wildman–Crippen MR) is 97.9 cm³/mol. The number of aromatic amines is 1. The maximum atomic E-state index is 13.3. The number of hydrogen-bond acceptors (Lipinski definition) is 5. The largest absolute Gasteiger partial charge is 0.438 e. The molecule has 160 valence electrons. The van der Waals surface area contributed by atoms with E-state index in [4.69, 9.17) is 4.74 Å². The van der Waals surface area contributed by atoms with Gasteiger partial charge in [0.25, 0.3) is 0 Å². The van der Waals surface area contributed by atoms with E-state index in [1.807, 2.05) is 0 Å². The van der Waals surface area contributed by atoms with Crippen molar-refractivity contribution in [1.29, 1.82) is 0 Å². The van der Waals surface area contributed by atoms with E-state index in [-0.39, 0.29) is 11.7 Å². The number of aromatic nitrogens is 4. The predicted octanol–water partition coefficient (Wildman–Crippen LogP) is 5.93. The zero-order chi connectivity index (χ0) is 22.2. The lowest BCUT2D eigenvalue weighted by Gasteiger charge is -2.14. The topological polar surface area (TPSA) is 75.7 Å². The van der Waals surface area contributed by atoms with E-state index in [2.05, 4.69) is 25.3 Å². The number of hydrogen-bond donors (Lipinski definition) is 2. The molecule has 0 aliphatic carbocycles. The van der Waals surface area contributed by atoms with Gasteiger partial charge in [-0.15, -0.1) is 0 Å². The maximum absolute atomic E-state index is 13.3. The molecule has 12 heteroatoms. The molecule has 6 nitrogen and oxygen atoms in total. The Kier molecular flexibility index (Phi) is 4.91. The highest BCUT2D eigenvalue weighted by Gasteiger charge is 2.37. The average molecular weight is 439 g/mol. The van der Waals surface area contributed by atoms with Crippen LogP contribution in [0.15, 0.2) is 55.0 Å². The number of nitrogens with one attached hydrogen (secondary N) is 2. The lowest BCUT2D eigenvalue weighted by atomic mass is 10.2. The summed E-state index contributed by atoms with van der Waals surface area (Å²) in [5.74, 6) is -1.30. The SMILES string of the molecule is FC(F)(F)c1ccc(Oc2nc(Nc3ccc4nc[nH]c4c3)ncc2C(F)(F)F)cc1. The molecule has 2 N–H and O–H groups in total. The van der Waals surface area contributed by atoms with Gasteiger partial charge < -0.3 is 15.0 Å². The van der Waals surface area contributed by atoms with E-state index in [1.165, 1.54) is 6.33 Å². The Morgan fingerprint density at radius 2 is 1.61 bits per heavy atom. The maximum Gasteiger partial charge on any atom is 0.423 e. The number of rotatable bonds is 4. The van der Waals surface area contributed by atoms with E-state index >= 15 is 0 Å². The Balaban J connectivity index is 1.64. The molecule has 0 amide bonds. The quantitative estimate of drug-likeness (QED) is 0.386. The van der Waals surface area contributed by atoms with Gasteiger partial charge in [-0.25, -0.2) is 9.97 Å². The first-order valence-electron chi connectivity index (χ1n) is 8.59. The molecule has 0 aliphatic heterocycles. The van der Waals surface area contributed by atoms with Gasteiger partial charge in [0.2, 0.25) is 11.8 Å². The van der Waals surface area contributed by atoms with Crippen LogP contribution in [-0.2, 0) is 12.4 Å². The van der Waals surface area contributed by atoms with Crippen molar-refractivity contribution in [3.8, 4) is 11.6 Å². The molecule has 0 atom stereocenters. The molecule has 2 aromatic heterocycles. The first-order chi connectivity index (χ1) is 14.6. The van der Waals surface area contributed by atoms with Crippen LogP contribution < -0.4 is 10.1 Å². The summed E-state index contributed by atoms with van der Waals surface area (Å²) in [6, 6.07) is 8.16. The number of H-pyrrole nitrogens is 1. The summed E-state index contributed by atoms with van der Waals surface area (Å²) >= 11 is 0. The van der Waals surface area contributed by atoms with Gasteiger partial charge in [0, 0.05) is 11.9 Å². The summed E-state index contributed by atoms with van der Waals surface area (Å²) in [7, 11) is 0. The summed E-state index contributed by atoms with van der Waals surface area (Å²) in [6.45, 7) is 0. The standard InChI is InChI=1S/C19H11F6N5O/c20-18(21,22)10-1-4-12(5-2-10)31-16-13(19(23,24)25)8-26-17(30-16)29-11-3-6-14-15(7-11)28-9-27-14/h1-9H,(H,27,28)(H,26,29,30). The molecular formula is C19H11F6N5O. The third kappa shape index (κ3) is 4.52. The highest BCUT2D eigenvalue weighted by molar-refractivity contribution is 5.79. The molecule has 0 spiro atoms. The van der Waals surface area contributed by atoms with Crippen molar-refractivity contribution in [3.05, 3.63) is 66.1 Å². The van der Waals surface area contributed by atoms with E-state index in [9.17, 15) is 26.3 Å². The average Bonchev–Trinajstić information content (AvgIpc) is 3.15. The molecule has 4 aromatic rings. The number of benzene rings is 2. The first kappa shape index (κ1) is 20.4. The Hall–Kier alpha value is -3.83. The number of anilines is 2. The van der Waals surface area contributed by atoms with Crippen LogP contribution in [0.4, 0.5) is 38.0 Å². The molecule has 2 aromatic carbocycles. The third-order valence-electron chi connectivity index (χ3n) is 4.13. The normalized spacial score (nSPS) is 12.2. The zero-order valence-electron chi connectivity index (χ0n) is 15.2. The van der Waals surface area contributed by atoms with E-state index in [0.29, 0.717) is 35.1 Å². The highest BCUT2D eigenvalue weighted by atomic mass is 19.4. The number of ether oxygens (including phenoxy) is 1. The lowest BCUT2D eigenvalue weighted by Crippen LogP contribution is -2.11. The van der Waals surface area contributed by atoms with Crippen LogP contribution >= 0.6 is 0 Å². The summed E-state index contributed by atoms with van der Waals surface area (Å²) in [4.78, 5) is 14.4. The number of imidazole rings is 1. The monoisotopic (exact) mass is 439 g/mol. The van der Waals surface area contributed by atoms with Gasteiger partial charge in [-0.05, 0) is 42.5 Å². The number of nitrogens with zero attached hydrogens (tertiary/aromatic N) is 3. The molecule has 0 aliphatic rings. The van der Waals surface area contributed by atoms with E-state index < -0.39 is 29.4 Å². The number of alkyl halides is 6. The second-order valence-electron chi connectivity index (χ2n) is 6.29. The molecule has 0 unspecified atom stereocenters. The van der Waals surface area contributed by atoms with Crippen LogP contribution in [0.3, 0.4) is 0 Å². The molecule has 0 radical (unpaired) electrons. The minimum Gasteiger partial charge on any atom is -0.438 e. The molecule has 0 fully saturated rings. The van der Waals surface area contributed by atoms with Crippen LogP contribution in [0.5, 0.6) is 11.6 Å². The zero-order valence-corrected chi connectivity index (χ0v) is 15.2. The molecule has 31 heavy (non-hydrogen) atoms. The molecular weight excluding hydrogens is 428 g/mol. The van der Waals surface area contributed by atoms with Gasteiger partial charge in [0.15, 0.2) is 0 Å². The Labute approximate surface area is 169 Å². The minimum absolute atomic E-state index is 0.200. The second kappa shape index (κ2) is 7.45. The number of fused-ring (bicyclic) bond motifs is 1. The Morgan fingerprint density at radius 1 is 0.871 bits per heavy atom. The Morgan fingerprint density at radius 3 is 2.29 bits per heavy atom. The van der Waals surface area contributed by atoms with Crippen LogP contribution in [0, 0.1) is 0 Å². The lowest BCUT2D eigenvalue weighted by molar-refractivity contribution is -0.139. The summed E-state index contributed by atoms with van der Waals surface area (Å²) in [6.07, 6.45) is -7.41. The second-order valence-corrected chi connectivity index (χ2v) is 6.29. The smallest absolute Gasteiger partial charge is 0.423 e. The molecule has 4 rings (SSSR count). The third-order valence-corrected chi connectivity index (χ3v) is 4.13. The fraction of sp³-hybridized carbons (Fsp3) is 0.105. The van der Waals surface area contributed by atoms with Crippen molar-refractivity contribution < 1.29 is 31.1 Å². The van der Waals surface area contributed by atoms with Crippen molar-refractivity contribution in [1.82, 2.24) is 19.9 Å². The van der Waals surface area contributed by atoms with Gasteiger partial charge in [-0.3, -0.25) is 0 Å². The van der Waals surface area contributed by atoms with Crippen molar-refractivity contribution in [2.24, 2.45) is 0 Å².